The van der Waals surface area contributed by atoms with Crippen LogP contribution in [-0.2, 0) is 10.0 Å². The van der Waals surface area contributed by atoms with Crippen molar-refractivity contribution in [2.24, 2.45) is 5.41 Å². The number of aryl methyl sites for hydroxylation is 2. The Labute approximate surface area is 149 Å². The van der Waals surface area contributed by atoms with Crippen LogP contribution in [0.25, 0.3) is 0 Å². The molecule has 0 spiro atoms. The molecule has 1 aromatic heterocycles. The van der Waals surface area contributed by atoms with Gasteiger partial charge in [0.25, 0.3) is 0 Å². The van der Waals surface area contributed by atoms with Gasteiger partial charge in [0.2, 0.25) is 10.0 Å². The van der Waals surface area contributed by atoms with Gasteiger partial charge >= 0.3 is 6.03 Å². The fourth-order valence-electron chi connectivity index (χ4n) is 2.76. The molecule has 0 aromatic carbocycles. The Hall–Kier alpha value is -1.61. The van der Waals surface area contributed by atoms with Crippen molar-refractivity contribution in [1.29, 1.82) is 0 Å². The lowest BCUT2D eigenvalue weighted by molar-refractivity contribution is 0.195. The maximum Gasteiger partial charge on any atom is 0.317 e. The smallest absolute Gasteiger partial charge is 0.317 e. The van der Waals surface area contributed by atoms with E-state index < -0.39 is 10.0 Å². The van der Waals surface area contributed by atoms with Gasteiger partial charge in [0.1, 0.15) is 10.6 Å². The summed E-state index contributed by atoms with van der Waals surface area (Å²) >= 11 is 0. The molecule has 1 aromatic rings. The van der Waals surface area contributed by atoms with Crippen LogP contribution in [0.1, 0.15) is 38.6 Å². The lowest BCUT2D eigenvalue weighted by atomic mass is 9.97. The van der Waals surface area contributed by atoms with Crippen LogP contribution in [0, 0.1) is 19.3 Å². The van der Waals surface area contributed by atoms with Crippen molar-refractivity contribution in [2.75, 3.05) is 32.7 Å². The molecular weight excluding hydrogens is 344 g/mol. The first-order valence-electron chi connectivity index (χ1n) is 8.48. The first-order chi connectivity index (χ1) is 11.5. The van der Waals surface area contributed by atoms with Crippen LogP contribution in [0.2, 0.25) is 0 Å². The second-order valence-electron chi connectivity index (χ2n) is 7.62. The highest BCUT2D eigenvalue weighted by Crippen LogP contribution is 2.24. The van der Waals surface area contributed by atoms with Crippen molar-refractivity contribution in [3.05, 3.63) is 11.5 Å². The third kappa shape index (κ3) is 4.72. The van der Waals surface area contributed by atoms with Crippen LogP contribution in [0.5, 0.6) is 0 Å². The number of urea groups is 1. The summed E-state index contributed by atoms with van der Waals surface area (Å²) in [7, 11) is -3.67. The summed E-state index contributed by atoms with van der Waals surface area (Å²) in [4.78, 5) is 14.1. The Bertz CT molecular complexity index is 701. The molecule has 1 saturated heterocycles. The zero-order valence-electron chi connectivity index (χ0n) is 15.6. The van der Waals surface area contributed by atoms with E-state index in [9.17, 15) is 13.2 Å². The number of rotatable bonds is 3. The predicted molar refractivity (Wildman–Crippen MR) is 93.8 cm³/mol. The molecule has 2 amide bonds. The van der Waals surface area contributed by atoms with Gasteiger partial charge in [-0.2, -0.15) is 4.31 Å². The maximum atomic E-state index is 12.9. The standard InChI is InChI=1S/C16H28N4O4S/c1-12-14(13(2)24-18-12)25(22,23)20-8-6-7-19(9-10-20)15(21)17-11-16(3,4)5/h6-11H2,1-5H3,(H,17,21). The molecule has 0 saturated carbocycles. The minimum Gasteiger partial charge on any atom is -0.360 e. The predicted octanol–water partition coefficient (Wildman–Crippen LogP) is 1.74. The first kappa shape index (κ1) is 19.7. The topological polar surface area (TPSA) is 95.8 Å². The van der Waals surface area contributed by atoms with E-state index in [2.05, 4.69) is 10.5 Å². The van der Waals surface area contributed by atoms with E-state index in [4.69, 9.17) is 4.52 Å². The van der Waals surface area contributed by atoms with Gasteiger partial charge < -0.3 is 14.7 Å². The van der Waals surface area contributed by atoms with Crippen molar-refractivity contribution in [2.45, 2.75) is 45.9 Å². The van der Waals surface area contributed by atoms with E-state index in [-0.39, 0.29) is 22.9 Å². The lowest BCUT2D eigenvalue weighted by Gasteiger charge is -2.25. The molecule has 1 fully saturated rings. The second kappa shape index (κ2) is 7.33. The molecular formula is C16H28N4O4S. The molecule has 0 atom stereocenters. The summed E-state index contributed by atoms with van der Waals surface area (Å²) in [6.07, 6.45) is 0.589. The number of nitrogens with one attached hydrogen (secondary N) is 1. The highest BCUT2D eigenvalue weighted by atomic mass is 32.2. The summed E-state index contributed by atoms with van der Waals surface area (Å²) < 4.78 is 32.2. The molecule has 0 aliphatic carbocycles. The Balaban J connectivity index is 2.05. The van der Waals surface area contributed by atoms with E-state index >= 15 is 0 Å². The van der Waals surface area contributed by atoms with Crippen molar-refractivity contribution < 1.29 is 17.7 Å². The van der Waals surface area contributed by atoms with E-state index in [0.29, 0.717) is 44.1 Å². The van der Waals surface area contributed by atoms with Crippen LogP contribution in [0.15, 0.2) is 9.42 Å². The summed E-state index contributed by atoms with van der Waals surface area (Å²) in [6, 6.07) is -0.147. The molecule has 1 aliphatic rings. The highest BCUT2D eigenvalue weighted by Gasteiger charge is 2.33. The van der Waals surface area contributed by atoms with Gasteiger partial charge in [-0.25, -0.2) is 13.2 Å². The third-order valence-corrected chi connectivity index (χ3v) is 6.22. The Morgan fingerprint density at radius 1 is 1.20 bits per heavy atom. The van der Waals surface area contributed by atoms with Gasteiger partial charge in [0.05, 0.1) is 0 Å². The molecule has 0 unspecified atom stereocenters. The summed E-state index contributed by atoms with van der Waals surface area (Å²) in [5.41, 5.74) is 0.363. The second-order valence-corrected chi connectivity index (χ2v) is 9.49. The quantitative estimate of drug-likeness (QED) is 0.872. The summed E-state index contributed by atoms with van der Waals surface area (Å²) in [6.45, 7) is 11.5. The molecule has 1 N–H and O–H groups in total. The minimum atomic E-state index is -3.67. The van der Waals surface area contributed by atoms with Gasteiger partial charge in [0, 0.05) is 32.7 Å². The largest absolute Gasteiger partial charge is 0.360 e. The molecule has 0 bridgehead atoms. The van der Waals surface area contributed by atoms with Gasteiger partial charge in [-0.3, -0.25) is 0 Å². The molecule has 1 aliphatic heterocycles. The average Bonchev–Trinajstić information content (AvgIpc) is 2.73. The molecule has 2 rings (SSSR count). The van der Waals surface area contributed by atoms with Gasteiger partial charge in [0.15, 0.2) is 5.76 Å². The normalized spacial score (nSPS) is 17.4. The molecule has 9 heteroatoms. The van der Waals surface area contributed by atoms with E-state index in [1.807, 2.05) is 20.8 Å². The number of carbonyl (C=O) groups excluding carboxylic acids is 1. The van der Waals surface area contributed by atoms with Crippen LogP contribution in [-0.4, -0.2) is 61.5 Å². The fraction of sp³-hybridized carbons (Fsp3) is 0.750. The molecule has 2 heterocycles. The number of hydrogen-bond donors (Lipinski definition) is 1. The van der Waals surface area contributed by atoms with Crippen LogP contribution >= 0.6 is 0 Å². The van der Waals surface area contributed by atoms with Gasteiger partial charge in [-0.15, -0.1) is 0 Å². The van der Waals surface area contributed by atoms with Crippen molar-refractivity contribution in [1.82, 2.24) is 19.7 Å². The molecule has 142 valence electrons. The van der Waals surface area contributed by atoms with E-state index in [1.165, 1.54) is 4.31 Å². The van der Waals surface area contributed by atoms with E-state index in [0.717, 1.165) is 0 Å². The molecule has 0 radical (unpaired) electrons. The van der Waals surface area contributed by atoms with Crippen molar-refractivity contribution in [3.63, 3.8) is 0 Å². The van der Waals surface area contributed by atoms with Crippen molar-refractivity contribution >= 4 is 16.1 Å². The Morgan fingerprint density at radius 3 is 2.44 bits per heavy atom. The SMILES string of the molecule is Cc1noc(C)c1S(=O)(=O)N1CCCN(C(=O)NCC(C)(C)C)CC1. The van der Waals surface area contributed by atoms with Crippen LogP contribution in [0.3, 0.4) is 0 Å². The number of sulfonamides is 1. The van der Waals surface area contributed by atoms with Crippen LogP contribution < -0.4 is 5.32 Å². The van der Waals surface area contributed by atoms with E-state index in [1.54, 1.807) is 18.7 Å². The zero-order valence-corrected chi connectivity index (χ0v) is 16.4. The molecule has 25 heavy (non-hydrogen) atoms. The number of hydrogen-bond acceptors (Lipinski definition) is 5. The lowest BCUT2D eigenvalue weighted by Crippen LogP contribution is -2.44. The average molecular weight is 372 g/mol. The number of carbonyl (C=O) groups is 1. The summed E-state index contributed by atoms with van der Waals surface area (Å²) in [5, 5.41) is 6.65. The number of aromatic nitrogens is 1. The minimum absolute atomic E-state index is 0.000219. The fourth-order valence-corrected chi connectivity index (χ4v) is 4.52. The Kier molecular flexibility index (Phi) is 5.78. The molecule has 8 nitrogen and oxygen atoms in total. The van der Waals surface area contributed by atoms with Crippen molar-refractivity contribution in [3.8, 4) is 0 Å². The van der Waals surface area contributed by atoms with Crippen LogP contribution in [0.4, 0.5) is 4.79 Å². The third-order valence-electron chi connectivity index (χ3n) is 4.08. The highest BCUT2D eigenvalue weighted by molar-refractivity contribution is 7.89. The van der Waals surface area contributed by atoms with Gasteiger partial charge in [-0.05, 0) is 25.7 Å². The maximum absolute atomic E-state index is 12.9. The number of nitrogens with zero attached hydrogens (tertiary/aromatic N) is 3. The number of amides is 2. The van der Waals surface area contributed by atoms with Gasteiger partial charge in [-0.1, -0.05) is 25.9 Å². The monoisotopic (exact) mass is 372 g/mol. The summed E-state index contributed by atoms with van der Waals surface area (Å²) in [5.74, 6) is 0.293. The first-order valence-corrected chi connectivity index (χ1v) is 9.92. The zero-order chi connectivity index (χ0) is 18.8. The Morgan fingerprint density at radius 2 is 1.88 bits per heavy atom.